The number of nitro benzene ring substituents is 1. The average molecular weight is 281 g/mol. The van der Waals surface area contributed by atoms with Gasteiger partial charge in [0.1, 0.15) is 5.82 Å². The molecule has 19 heavy (non-hydrogen) atoms. The maximum absolute atomic E-state index is 13.4. The Morgan fingerprint density at radius 2 is 2.00 bits per heavy atom. The molecule has 0 fully saturated rings. The molecule has 2 rings (SSSR count). The lowest BCUT2D eigenvalue weighted by Gasteiger charge is -2.08. The van der Waals surface area contributed by atoms with Crippen molar-refractivity contribution >= 4 is 23.0 Å². The first kappa shape index (κ1) is 13.3. The molecule has 0 bridgehead atoms. The predicted octanol–water partition coefficient (Wildman–Crippen LogP) is 4.00. The number of hydrogen-bond donors (Lipinski definition) is 1. The van der Waals surface area contributed by atoms with Crippen LogP contribution in [0.5, 0.6) is 0 Å². The summed E-state index contributed by atoms with van der Waals surface area (Å²) in [7, 11) is 0. The Labute approximate surface area is 114 Å². The van der Waals surface area contributed by atoms with Crippen molar-refractivity contribution in [1.82, 2.24) is 0 Å². The summed E-state index contributed by atoms with van der Waals surface area (Å²) in [6.45, 7) is 0.254. The molecule has 2 aromatic rings. The van der Waals surface area contributed by atoms with Gasteiger partial charge in [-0.05, 0) is 12.1 Å². The van der Waals surface area contributed by atoms with Crippen molar-refractivity contribution in [3.05, 3.63) is 69.0 Å². The van der Waals surface area contributed by atoms with Crippen molar-refractivity contribution in [2.24, 2.45) is 0 Å². The van der Waals surface area contributed by atoms with E-state index in [1.165, 1.54) is 24.3 Å². The molecule has 0 saturated heterocycles. The maximum atomic E-state index is 13.4. The van der Waals surface area contributed by atoms with Crippen LogP contribution in [0.4, 0.5) is 15.8 Å². The van der Waals surface area contributed by atoms with Gasteiger partial charge in [-0.3, -0.25) is 10.1 Å². The molecule has 2 aromatic carbocycles. The Hall–Kier alpha value is -2.14. The van der Waals surface area contributed by atoms with E-state index in [2.05, 4.69) is 5.32 Å². The van der Waals surface area contributed by atoms with Crippen molar-refractivity contribution < 1.29 is 9.31 Å². The molecular formula is C13H10ClFN2O2. The van der Waals surface area contributed by atoms with Gasteiger partial charge in [-0.1, -0.05) is 29.8 Å². The molecule has 0 radical (unpaired) electrons. The van der Waals surface area contributed by atoms with Gasteiger partial charge in [-0.15, -0.1) is 0 Å². The highest BCUT2D eigenvalue weighted by Gasteiger charge is 2.09. The van der Waals surface area contributed by atoms with Crippen LogP contribution >= 0.6 is 11.6 Å². The molecule has 0 heterocycles. The molecule has 0 amide bonds. The summed E-state index contributed by atoms with van der Waals surface area (Å²) in [5.74, 6) is -0.312. The normalized spacial score (nSPS) is 10.2. The van der Waals surface area contributed by atoms with E-state index in [4.69, 9.17) is 11.6 Å². The van der Waals surface area contributed by atoms with Crippen molar-refractivity contribution in [1.29, 1.82) is 0 Å². The predicted molar refractivity (Wildman–Crippen MR) is 71.8 cm³/mol. The van der Waals surface area contributed by atoms with E-state index in [-0.39, 0.29) is 23.1 Å². The zero-order valence-corrected chi connectivity index (χ0v) is 10.5. The Morgan fingerprint density at radius 1 is 1.26 bits per heavy atom. The van der Waals surface area contributed by atoms with Crippen LogP contribution in [0.2, 0.25) is 5.02 Å². The molecule has 0 atom stereocenters. The van der Waals surface area contributed by atoms with Gasteiger partial charge in [0, 0.05) is 24.2 Å². The number of benzene rings is 2. The monoisotopic (exact) mass is 280 g/mol. The summed E-state index contributed by atoms with van der Waals surface area (Å²) >= 11 is 5.92. The molecule has 1 N–H and O–H groups in total. The number of anilines is 1. The Bertz CT molecular complexity index is 619. The summed E-state index contributed by atoms with van der Waals surface area (Å²) in [6.07, 6.45) is 0. The fraction of sp³-hybridized carbons (Fsp3) is 0.0769. The van der Waals surface area contributed by atoms with Gasteiger partial charge in [-0.2, -0.15) is 0 Å². The minimum Gasteiger partial charge on any atom is -0.380 e. The fourth-order valence-corrected chi connectivity index (χ4v) is 1.83. The van der Waals surface area contributed by atoms with Gasteiger partial charge in [0.15, 0.2) is 0 Å². The minimum atomic E-state index is -0.521. The Morgan fingerprint density at radius 3 is 2.63 bits per heavy atom. The number of nitrogens with one attached hydrogen (secondary N) is 1. The first-order chi connectivity index (χ1) is 9.08. The van der Waals surface area contributed by atoms with E-state index < -0.39 is 4.92 Å². The van der Waals surface area contributed by atoms with Crippen LogP contribution < -0.4 is 5.32 Å². The molecule has 98 valence electrons. The zero-order valence-electron chi connectivity index (χ0n) is 9.77. The van der Waals surface area contributed by atoms with E-state index in [9.17, 15) is 14.5 Å². The third-order valence-electron chi connectivity index (χ3n) is 2.59. The molecule has 0 aliphatic heterocycles. The number of rotatable bonds is 4. The first-order valence-electron chi connectivity index (χ1n) is 5.49. The highest BCUT2D eigenvalue weighted by molar-refractivity contribution is 6.33. The van der Waals surface area contributed by atoms with Gasteiger partial charge in [0.25, 0.3) is 5.69 Å². The second-order valence-electron chi connectivity index (χ2n) is 3.87. The van der Waals surface area contributed by atoms with Crippen LogP contribution in [-0.4, -0.2) is 4.92 Å². The van der Waals surface area contributed by atoms with E-state index in [1.807, 2.05) is 0 Å². The summed E-state index contributed by atoms with van der Waals surface area (Å²) in [5, 5.41) is 13.7. The van der Waals surface area contributed by atoms with Gasteiger partial charge in [-0.25, -0.2) is 4.39 Å². The van der Waals surface area contributed by atoms with Crippen LogP contribution in [0.25, 0.3) is 0 Å². The molecule has 0 aliphatic rings. The molecular weight excluding hydrogens is 271 g/mol. The minimum absolute atomic E-state index is 0.0820. The van der Waals surface area contributed by atoms with Crippen molar-refractivity contribution in [2.45, 2.75) is 6.54 Å². The summed E-state index contributed by atoms with van der Waals surface area (Å²) in [5.41, 5.74) is 0.939. The summed E-state index contributed by atoms with van der Waals surface area (Å²) in [4.78, 5) is 10.0. The maximum Gasteiger partial charge on any atom is 0.271 e. The second-order valence-corrected chi connectivity index (χ2v) is 4.27. The fourth-order valence-electron chi connectivity index (χ4n) is 1.59. The summed E-state index contributed by atoms with van der Waals surface area (Å²) in [6, 6.07) is 10.5. The molecule has 0 aliphatic carbocycles. The topological polar surface area (TPSA) is 55.2 Å². The molecule has 0 unspecified atom stereocenters. The molecule has 6 heteroatoms. The third-order valence-corrected chi connectivity index (χ3v) is 2.90. The number of nitro groups is 1. The largest absolute Gasteiger partial charge is 0.380 e. The van der Waals surface area contributed by atoms with E-state index in [1.54, 1.807) is 18.2 Å². The highest BCUT2D eigenvalue weighted by Crippen LogP contribution is 2.27. The molecule has 4 nitrogen and oxygen atoms in total. The summed E-state index contributed by atoms with van der Waals surface area (Å²) < 4.78 is 13.4. The highest BCUT2D eigenvalue weighted by atomic mass is 35.5. The van der Waals surface area contributed by atoms with Gasteiger partial charge >= 0.3 is 0 Å². The van der Waals surface area contributed by atoms with Gasteiger partial charge in [0.05, 0.1) is 15.6 Å². The zero-order chi connectivity index (χ0) is 13.8. The Kier molecular flexibility index (Phi) is 3.97. The van der Waals surface area contributed by atoms with E-state index >= 15 is 0 Å². The lowest BCUT2D eigenvalue weighted by atomic mass is 10.2. The Balaban J connectivity index is 2.12. The molecule has 0 saturated carbocycles. The number of non-ortho nitro benzene ring substituents is 1. The second kappa shape index (κ2) is 5.67. The van der Waals surface area contributed by atoms with Gasteiger partial charge in [0.2, 0.25) is 0 Å². The molecule has 0 spiro atoms. The molecule has 0 aromatic heterocycles. The van der Waals surface area contributed by atoms with Crippen molar-refractivity contribution in [2.75, 3.05) is 5.32 Å². The number of halogens is 2. The SMILES string of the molecule is O=[N+]([O-])c1ccc(NCc2ccccc2F)c(Cl)c1. The van der Waals surface area contributed by atoms with E-state index in [0.717, 1.165) is 0 Å². The lowest BCUT2D eigenvalue weighted by molar-refractivity contribution is -0.384. The van der Waals surface area contributed by atoms with Crippen LogP contribution in [0.1, 0.15) is 5.56 Å². The lowest BCUT2D eigenvalue weighted by Crippen LogP contribution is -2.02. The standard InChI is InChI=1S/C13H10ClFN2O2/c14-11-7-10(17(18)19)5-6-13(11)16-8-9-3-1-2-4-12(9)15/h1-7,16H,8H2. The quantitative estimate of drug-likeness (QED) is 0.680. The van der Waals surface area contributed by atoms with Crippen molar-refractivity contribution in [3.63, 3.8) is 0 Å². The smallest absolute Gasteiger partial charge is 0.271 e. The van der Waals surface area contributed by atoms with Crippen LogP contribution in [-0.2, 0) is 6.54 Å². The van der Waals surface area contributed by atoms with Crippen molar-refractivity contribution in [3.8, 4) is 0 Å². The van der Waals surface area contributed by atoms with Crippen LogP contribution in [0.15, 0.2) is 42.5 Å². The number of hydrogen-bond acceptors (Lipinski definition) is 3. The van der Waals surface area contributed by atoms with Crippen LogP contribution in [0.3, 0.4) is 0 Å². The average Bonchev–Trinajstić information content (AvgIpc) is 2.39. The number of nitrogens with zero attached hydrogens (tertiary/aromatic N) is 1. The first-order valence-corrected chi connectivity index (χ1v) is 5.87. The van der Waals surface area contributed by atoms with Gasteiger partial charge < -0.3 is 5.32 Å². The van der Waals surface area contributed by atoms with E-state index in [0.29, 0.717) is 11.3 Å². The van der Waals surface area contributed by atoms with Crippen LogP contribution in [0, 0.1) is 15.9 Å². The third kappa shape index (κ3) is 3.20.